The van der Waals surface area contributed by atoms with Gasteiger partial charge in [-0.2, -0.15) is 0 Å². The smallest absolute Gasteiger partial charge is 0.264 e. The minimum atomic E-state index is -4.13. The molecule has 0 fully saturated rings. The molecule has 43 heavy (non-hydrogen) atoms. The Labute approximate surface area is 259 Å². The third-order valence-electron chi connectivity index (χ3n) is 7.11. The van der Waals surface area contributed by atoms with Crippen molar-refractivity contribution < 1.29 is 18.0 Å². The number of carbonyl (C=O) groups is 2. The zero-order chi connectivity index (χ0) is 30.8. The second-order valence-electron chi connectivity index (χ2n) is 10.1. The first-order valence-corrected chi connectivity index (χ1v) is 16.1. The van der Waals surface area contributed by atoms with Crippen molar-refractivity contribution in [3.8, 4) is 0 Å². The van der Waals surface area contributed by atoms with Crippen molar-refractivity contribution in [3.63, 3.8) is 0 Å². The van der Waals surface area contributed by atoms with E-state index >= 15 is 0 Å². The molecule has 0 spiro atoms. The van der Waals surface area contributed by atoms with Gasteiger partial charge in [0, 0.05) is 24.5 Å². The van der Waals surface area contributed by atoms with E-state index in [2.05, 4.69) is 5.32 Å². The molecule has 0 radical (unpaired) electrons. The van der Waals surface area contributed by atoms with Crippen LogP contribution in [0.5, 0.6) is 0 Å². The van der Waals surface area contributed by atoms with E-state index in [0.29, 0.717) is 22.8 Å². The van der Waals surface area contributed by atoms with Gasteiger partial charge < -0.3 is 10.2 Å². The summed E-state index contributed by atoms with van der Waals surface area (Å²) in [5.74, 6) is -0.849. The maximum Gasteiger partial charge on any atom is 0.264 e. The maximum absolute atomic E-state index is 14.4. The number of nitrogens with one attached hydrogen (secondary N) is 1. The van der Waals surface area contributed by atoms with Crippen LogP contribution in [-0.2, 0) is 39.0 Å². The summed E-state index contributed by atoms with van der Waals surface area (Å²) in [7, 11) is -4.13. The van der Waals surface area contributed by atoms with E-state index in [-0.39, 0.29) is 23.8 Å². The number of amides is 2. The standard InChI is InChI=1S/C34H36ClN3O4S/c1-3-26-18-20-30(21-19-26)38(43(41,42)31-16-9-6-10-17-31)25-33(39)37(24-28-14-11-15-29(35)22-28)32(34(40)36-4-2)23-27-12-7-5-8-13-27/h5-22,32H,3-4,23-25H2,1-2H3,(H,36,40). The molecule has 9 heteroatoms. The van der Waals surface area contributed by atoms with Gasteiger partial charge in [-0.05, 0) is 66.4 Å². The largest absolute Gasteiger partial charge is 0.355 e. The van der Waals surface area contributed by atoms with Crippen molar-refractivity contribution in [1.29, 1.82) is 0 Å². The molecule has 4 aromatic rings. The lowest BCUT2D eigenvalue weighted by molar-refractivity contribution is -0.140. The van der Waals surface area contributed by atoms with Crippen LogP contribution < -0.4 is 9.62 Å². The predicted molar refractivity (Wildman–Crippen MR) is 171 cm³/mol. The number of hydrogen-bond acceptors (Lipinski definition) is 4. The molecule has 1 atom stereocenters. The topological polar surface area (TPSA) is 86.8 Å². The Morgan fingerprint density at radius 1 is 0.791 bits per heavy atom. The molecule has 1 N–H and O–H groups in total. The summed E-state index contributed by atoms with van der Waals surface area (Å²) >= 11 is 6.28. The van der Waals surface area contributed by atoms with Crippen LogP contribution in [0.15, 0.2) is 114 Å². The highest BCUT2D eigenvalue weighted by Gasteiger charge is 2.34. The van der Waals surface area contributed by atoms with Gasteiger partial charge in [-0.25, -0.2) is 8.42 Å². The number of halogens is 1. The van der Waals surface area contributed by atoms with Crippen LogP contribution in [0.4, 0.5) is 5.69 Å². The Morgan fingerprint density at radius 2 is 1.42 bits per heavy atom. The van der Waals surface area contributed by atoms with Gasteiger partial charge >= 0.3 is 0 Å². The Kier molecular flexibility index (Phi) is 11.0. The fourth-order valence-corrected chi connectivity index (χ4v) is 6.47. The summed E-state index contributed by atoms with van der Waals surface area (Å²) in [4.78, 5) is 29.4. The predicted octanol–water partition coefficient (Wildman–Crippen LogP) is 5.87. The van der Waals surface area contributed by atoms with Crippen molar-refractivity contribution >= 4 is 39.1 Å². The van der Waals surface area contributed by atoms with Crippen molar-refractivity contribution in [2.24, 2.45) is 0 Å². The third kappa shape index (κ3) is 8.24. The highest BCUT2D eigenvalue weighted by Crippen LogP contribution is 2.26. The van der Waals surface area contributed by atoms with Crippen LogP contribution in [0, 0.1) is 0 Å². The zero-order valence-corrected chi connectivity index (χ0v) is 25.9. The molecule has 2 amide bonds. The fraction of sp³-hybridized carbons (Fsp3) is 0.235. The molecule has 0 aliphatic heterocycles. The molecule has 0 aliphatic rings. The summed E-state index contributed by atoms with van der Waals surface area (Å²) in [6.07, 6.45) is 1.03. The number of hydrogen-bond donors (Lipinski definition) is 1. The Balaban J connectivity index is 1.79. The van der Waals surface area contributed by atoms with E-state index in [4.69, 9.17) is 11.6 Å². The van der Waals surface area contributed by atoms with Gasteiger partial charge in [-0.15, -0.1) is 0 Å². The lowest BCUT2D eigenvalue weighted by atomic mass is 10.0. The van der Waals surface area contributed by atoms with Crippen LogP contribution >= 0.6 is 11.6 Å². The monoisotopic (exact) mass is 617 g/mol. The summed E-state index contributed by atoms with van der Waals surface area (Å²) < 4.78 is 29.1. The molecule has 224 valence electrons. The van der Waals surface area contributed by atoms with Crippen LogP contribution in [-0.4, -0.2) is 44.3 Å². The first-order chi connectivity index (χ1) is 20.7. The van der Waals surface area contributed by atoms with Crippen molar-refractivity contribution in [2.75, 3.05) is 17.4 Å². The van der Waals surface area contributed by atoms with Gasteiger partial charge in [-0.1, -0.05) is 91.3 Å². The van der Waals surface area contributed by atoms with Gasteiger partial charge in [0.25, 0.3) is 10.0 Å². The average Bonchev–Trinajstić information content (AvgIpc) is 3.02. The van der Waals surface area contributed by atoms with E-state index < -0.39 is 28.5 Å². The van der Waals surface area contributed by atoms with Gasteiger partial charge in [0.15, 0.2) is 0 Å². The summed E-state index contributed by atoms with van der Waals surface area (Å²) in [5.41, 5.74) is 2.98. The fourth-order valence-electron chi connectivity index (χ4n) is 4.82. The Bertz CT molecular complexity index is 1610. The van der Waals surface area contributed by atoms with Crippen LogP contribution in [0.1, 0.15) is 30.5 Å². The lowest BCUT2D eigenvalue weighted by Gasteiger charge is -2.34. The van der Waals surface area contributed by atoms with Crippen molar-refractivity contribution in [3.05, 3.63) is 131 Å². The average molecular weight is 618 g/mol. The molecule has 0 aromatic heterocycles. The minimum Gasteiger partial charge on any atom is -0.355 e. The van der Waals surface area contributed by atoms with Crippen molar-refractivity contribution in [1.82, 2.24) is 10.2 Å². The van der Waals surface area contributed by atoms with Gasteiger partial charge in [-0.3, -0.25) is 13.9 Å². The van der Waals surface area contributed by atoms with E-state index in [1.807, 2.05) is 62.4 Å². The number of carbonyl (C=O) groups excluding carboxylic acids is 2. The highest BCUT2D eigenvalue weighted by atomic mass is 35.5. The second kappa shape index (κ2) is 14.8. The van der Waals surface area contributed by atoms with Gasteiger partial charge in [0.1, 0.15) is 12.6 Å². The molecule has 0 heterocycles. The molecule has 0 aliphatic carbocycles. The zero-order valence-electron chi connectivity index (χ0n) is 24.3. The molecule has 4 aromatic carbocycles. The van der Waals surface area contributed by atoms with E-state index in [1.165, 1.54) is 17.0 Å². The third-order valence-corrected chi connectivity index (χ3v) is 9.13. The number of nitrogens with zero attached hydrogens (tertiary/aromatic N) is 2. The van der Waals surface area contributed by atoms with Crippen molar-refractivity contribution in [2.45, 2.75) is 44.2 Å². The quantitative estimate of drug-likeness (QED) is 0.203. The molecule has 0 saturated carbocycles. The maximum atomic E-state index is 14.4. The number of likely N-dealkylation sites (N-methyl/N-ethyl adjacent to an activating group) is 1. The first kappa shape index (κ1) is 31.8. The number of aryl methyl sites for hydroxylation is 1. The highest BCUT2D eigenvalue weighted by molar-refractivity contribution is 7.92. The molecule has 7 nitrogen and oxygen atoms in total. The molecule has 0 saturated heterocycles. The van der Waals surface area contributed by atoms with Crippen LogP contribution in [0.25, 0.3) is 0 Å². The Morgan fingerprint density at radius 3 is 2.02 bits per heavy atom. The molecule has 4 rings (SSSR count). The SMILES string of the molecule is CCNC(=O)C(Cc1ccccc1)N(Cc1cccc(Cl)c1)C(=O)CN(c1ccc(CC)cc1)S(=O)(=O)c1ccccc1. The molecule has 1 unspecified atom stereocenters. The van der Waals surface area contributed by atoms with Crippen LogP contribution in [0.2, 0.25) is 5.02 Å². The summed E-state index contributed by atoms with van der Waals surface area (Å²) in [6.45, 7) is 3.76. The van der Waals surface area contributed by atoms with E-state index in [9.17, 15) is 18.0 Å². The van der Waals surface area contributed by atoms with E-state index in [1.54, 1.807) is 48.5 Å². The van der Waals surface area contributed by atoms with Gasteiger partial charge in [0.2, 0.25) is 11.8 Å². The number of sulfonamides is 1. The normalized spacial score (nSPS) is 11.9. The number of benzene rings is 4. The van der Waals surface area contributed by atoms with E-state index in [0.717, 1.165) is 21.9 Å². The second-order valence-corrected chi connectivity index (χ2v) is 12.4. The minimum absolute atomic E-state index is 0.0576. The summed E-state index contributed by atoms with van der Waals surface area (Å²) in [5, 5.41) is 3.35. The lowest BCUT2D eigenvalue weighted by Crippen LogP contribution is -2.53. The van der Waals surface area contributed by atoms with Crippen LogP contribution in [0.3, 0.4) is 0 Å². The van der Waals surface area contributed by atoms with Gasteiger partial charge in [0.05, 0.1) is 10.6 Å². The summed E-state index contributed by atoms with van der Waals surface area (Å²) in [6, 6.07) is 30.7. The molecular formula is C34H36ClN3O4S. The number of rotatable bonds is 13. The Hall–Kier alpha value is -4.14. The molecule has 0 bridgehead atoms. The molecular weight excluding hydrogens is 582 g/mol. The first-order valence-electron chi connectivity index (χ1n) is 14.2. The number of anilines is 1.